The Bertz CT molecular complexity index is 791. The predicted molar refractivity (Wildman–Crippen MR) is 117 cm³/mol. The van der Waals surface area contributed by atoms with E-state index in [-0.39, 0.29) is 55.3 Å². The second-order valence-corrected chi connectivity index (χ2v) is 5.97. The van der Waals surface area contributed by atoms with E-state index in [4.69, 9.17) is 16.0 Å². The van der Waals surface area contributed by atoms with Gasteiger partial charge in [0.2, 0.25) is 5.91 Å². The van der Waals surface area contributed by atoms with Crippen molar-refractivity contribution in [1.29, 1.82) is 0 Å². The molecule has 2 rings (SSSR count). The third kappa shape index (κ3) is 9.31. The van der Waals surface area contributed by atoms with E-state index >= 15 is 0 Å². The summed E-state index contributed by atoms with van der Waals surface area (Å²) in [4.78, 5) is 16.2. The van der Waals surface area contributed by atoms with E-state index in [0.29, 0.717) is 28.9 Å². The summed E-state index contributed by atoms with van der Waals surface area (Å²) >= 11 is 5.93. The summed E-state index contributed by atoms with van der Waals surface area (Å²) in [6.07, 6.45) is 1.53. The van der Waals surface area contributed by atoms with Gasteiger partial charge in [0.15, 0.2) is 5.96 Å². The van der Waals surface area contributed by atoms with E-state index in [1.54, 1.807) is 12.1 Å². The molecule has 0 aliphatic heterocycles. The predicted octanol–water partition coefficient (Wildman–Crippen LogP) is 3.52. The number of benzene rings is 1. The van der Waals surface area contributed by atoms with Gasteiger partial charge >= 0.3 is 6.61 Å². The zero-order valence-electron chi connectivity index (χ0n) is 15.6. The lowest BCUT2D eigenvalue weighted by molar-refractivity contribution is -0.120. The van der Waals surface area contributed by atoms with Crippen LogP contribution < -0.4 is 20.7 Å². The zero-order valence-corrected chi connectivity index (χ0v) is 18.7. The number of alkyl halides is 2. The number of halogens is 4. The lowest BCUT2D eigenvalue weighted by atomic mass is 10.2. The van der Waals surface area contributed by atoms with E-state index in [1.807, 2.05) is 6.92 Å². The minimum atomic E-state index is -2.95. The molecule has 0 unspecified atom stereocenters. The molecule has 0 saturated heterocycles. The molecule has 29 heavy (non-hydrogen) atoms. The quantitative estimate of drug-likeness (QED) is 0.256. The molecule has 3 N–H and O–H groups in total. The first kappa shape index (κ1) is 25.0. The van der Waals surface area contributed by atoms with Crippen LogP contribution in [-0.2, 0) is 17.9 Å². The summed E-state index contributed by atoms with van der Waals surface area (Å²) in [6, 6.07) is 7.81. The van der Waals surface area contributed by atoms with Gasteiger partial charge in [-0.05, 0) is 37.3 Å². The highest BCUT2D eigenvalue weighted by atomic mass is 127. The van der Waals surface area contributed by atoms with Crippen LogP contribution in [0.5, 0.6) is 5.75 Å². The fourth-order valence-corrected chi connectivity index (χ4v) is 2.41. The van der Waals surface area contributed by atoms with E-state index in [1.165, 1.54) is 24.5 Å². The maximum absolute atomic E-state index is 12.5. The highest BCUT2D eigenvalue weighted by Crippen LogP contribution is 2.25. The van der Waals surface area contributed by atoms with Gasteiger partial charge in [-0.2, -0.15) is 8.78 Å². The number of nitrogens with zero attached hydrogens (tertiary/aromatic N) is 1. The Hall–Kier alpha value is -2.08. The van der Waals surface area contributed by atoms with Gasteiger partial charge < -0.3 is 25.1 Å². The van der Waals surface area contributed by atoms with Gasteiger partial charge in [0.05, 0.1) is 25.9 Å². The first-order valence-corrected chi connectivity index (χ1v) is 8.90. The Kier molecular flexibility index (Phi) is 11.4. The molecule has 1 heterocycles. The average molecular weight is 543 g/mol. The minimum absolute atomic E-state index is 0. The molecule has 160 valence electrons. The van der Waals surface area contributed by atoms with Crippen molar-refractivity contribution in [3.05, 3.63) is 52.9 Å². The van der Waals surface area contributed by atoms with Crippen molar-refractivity contribution in [2.75, 3.05) is 13.1 Å². The van der Waals surface area contributed by atoms with E-state index in [9.17, 15) is 13.6 Å². The Morgan fingerprint density at radius 2 is 2.07 bits per heavy atom. The molecular weight excluding hydrogens is 521 g/mol. The summed E-state index contributed by atoms with van der Waals surface area (Å²) in [5.74, 6) is 0.724. The van der Waals surface area contributed by atoms with Gasteiger partial charge in [-0.1, -0.05) is 11.6 Å². The summed E-state index contributed by atoms with van der Waals surface area (Å²) in [5, 5.41) is 8.91. The van der Waals surface area contributed by atoms with Crippen molar-refractivity contribution in [2.45, 2.75) is 26.6 Å². The highest BCUT2D eigenvalue weighted by molar-refractivity contribution is 14.0. The molecule has 0 aliphatic rings. The van der Waals surface area contributed by atoms with Crippen LogP contribution in [0.15, 0.2) is 46.0 Å². The van der Waals surface area contributed by atoms with Gasteiger partial charge in [0, 0.05) is 17.1 Å². The first-order chi connectivity index (χ1) is 13.5. The second kappa shape index (κ2) is 13.2. The third-order valence-electron chi connectivity index (χ3n) is 3.45. The largest absolute Gasteiger partial charge is 0.467 e. The molecular formula is C18H22ClF2IN4O3. The van der Waals surface area contributed by atoms with Crippen molar-refractivity contribution < 1.29 is 22.7 Å². The lowest BCUT2D eigenvalue weighted by Crippen LogP contribution is -2.43. The SMILES string of the molecule is CCNC(=NCc1cc(Cl)ccc1OC(F)F)NCC(=O)NCc1ccco1.I. The number of aliphatic imine (C=N–C) groups is 1. The summed E-state index contributed by atoms with van der Waals surface area (Å²) in [7, 11) is 0. The number of nitrogens with one attached hydrogen (secondary N) is 3. The smallest absolute Gasteiger partial charge is 0.387 e. The van der Waals surface area contributed by atoms with E-state index < -0.39 is 6.61 Å². The third-order valence-corrected chi connectivity index (χ3v) is 3.68. The van der Waals surface area contributed by atoms with Crippen molar-refractivity contribution in [3.8, 4) is 5.75 Å². The number of carbonyl (C=O) groups is 1. The normalized spacial score (nSPS) is 11.0. The molecule has 0 spiro atoms. The molecule has 0 bridgehead atoms. The number of amides is 1. The van der Waals surface area contributed by atoms with Crippen molar-refractivity contribution in [2.24, 2.45) is 4.99 Å². The van der Waals surface area contributed by atoms with E-state index in [2.05, 4.69) is 25.7 Å². The summed E-state index contributed by atoms with van der Waals surface area (Å²) in [6.45, 7) is -0.255. The number of hydrogen-bond acceptors (Lipinski definition) is 4. The molecule has 1 aromatic carbocycles. The van der Waals surface area contributed by atoms with Crippen LogP contribution in [0.1, 0.15) is 18.2 Å². The van der Waals surface area contributed by atoms with Crippen molar-refractivity contribution >= 4 is 47.4 Å². The summed E-state index contributed by atoms with van der Waals surface area (Å²) in [5.41, 5.74) is 0.396. The minimum Gasteiger partial charge on any atom is -0.467 e. The van der Waals surface area contributed by atoms with Crippen LogP contribution in [0, 0.1) is 0 Å². The molecule has 0 atom stereocenters. The van der Waals surface area contributed by atoms with Crippen LogP contribution in [0.25, 0.3) is 0 Å². The van der Waals surface area contributed by atoms with Gasteiger partial charge in [-0.15, -0.1) is 24.0 Å². The lowest BCUT2D eigenvalue weighted by Gasteiger charge is -2.13. The molecule has 0 radical (unpaired) electrons. The molecule has 1 amide bonds. The Morgan fingerprint density at radius 1 is 1.28 bits per heavy atom. The number of furan rings is 1. The molecule has 7 nitrogen and oxygen atoms in total. The van der Waals surface area contributed by atoms with Crippen molar-refractivity contribution in [3.63, 3.8) is 0 Å². The zero-order chi connectivity index (χ0) is 20.4. The van der Waals surface area contributed by atoms with Crippen LogP contribution in [0.3, 0.4) is 0 Å². The van der Waals surface area contributed by atoms with Crippen LogP contribution in [-0.4, -0.2) is 31.6 Å². The molecule has 11 heteroatoms. The number of hydrogen-bond donors (Lipinski definition) is 3. The topological polar surface area (TPSA) is 87.9 Å². The van der Waals surface area contributed by atoms with Crippen LogP contribution >= 0.6 is 35.6 Å². The fourth-order valence-electron chi connectivity index (χ4n) is 2.21. The molecule has 2 aromatic rings. The van der Waals surface area contributed by atoms with Gasteiger partial charge in [-0.3, -0.25) is 4.79 Å². The van der Waals surface area contributed by atoms with Gasteiger partial charge in [0.1, 0.15) is 11.5 Å². The van der Waals surface area contributed by atoms with Crippen LogP contribution in [0.4, 0.5) is 8.78 Å². The number of carbonyl (C=O) groups excluding carboxylic acids is 1. The first-order valence-electron chi connectivity index (χ1n) is 8.52. The van der Waals surface area contributed by atoms with Crippen LogP contribution in [0.2, 0.25) is 5.02 Å². The number of guanidine groups is 1. The maximum atomic E-state index is 12.5. The van der Waals surface area contributed by atoms with Gasteiger partial charge in [0.25, 0.3) is 0 Å². The number of ether oxygens (including phenoxy) is 1. The summed E-state index contributed by atoms with van der Waals surface area (Å²) < 4.78 is 34.7. The average Bonchev–Trinajstić information content (AvgIpc) is 3.17. The Morgan fingerprint density at radius 3 is 2.72 bits per heavy atom. The molecule has 1 aromatic heterocycles. The highest BCUT2D eigenvalue weighted by Gasteiger charge is 2.11. The monoisotopic (exact) mass is 542 g/mol. The van der Waals surface area contributed by atoms with Gasteiger partial charge in [-0.25, -0.2) is 4.99 Å². The molecule has 0 fully saturated rings. The maximum Gasteiger partial charge on any atom is 0.387 e. The number of rotatable bonds is 9. The van der Waals surface area contributed by atoms with E-state index in [0.717, 1.165) is 0 Å². The fraction of sp³-hybridized carbons (Fsp3) is 0.333. The Labute approximate surface area is 189 Å². The standard InChI is InChI=1S/C18H21ClF2N4O3.HI/c1-2-22-18(25-11-16(26)23-10-14-4-3-7-27-14)24-9-12-8-13(19)5-6-15(12)28-17(20)21;/h3-8,17H,2,9-11H2,1H3,(H,23,26)(H2,22,24,25);1H. The van der Waals surface area contributed by atoms with Crippen molar-refractivity contribution in [1.82, 2.24) is 16.0 Å². The Balaban J connectivity index is 0.00000420. The molecule has 0 aliphatic carbocycles. The molecule has 0 saturated carbocycles. The second-order valence-electron chi connectivity index (χ2n) is 5.54.